The molecule has 4 N–H and O–H groups in total. The molecule has 0 fully saturated rings. The van der Waals surface area contributed by atoms with E-state index in [4.69, 9.17) is 9.94 Å². The van der Waals surface area contributed by atoms with Crippen molar-refractivity contribution < 1.29 is 24.4 Å². The van der Waals surface area contributed by atoms with Gasteiger partial charge in [0.15, 0.2) is 12.8 Å². The van der Waals surface area contributed by atoms with E-state index in [1.54, 1.807) is 0 Å². The molecule has 2 amide bonds. The number of phenolic OH excluding ortho intramolecular Hbond substituents is 1. The number of nitrogens with one attached hydrogen (secondary N) is 2. The van der Waals surface area contributed by atoms with Crippen molar-refractivity contribution in [2.75, 3.05) is 13.8 Å². The van der Waals surface area contributed by atoms with Gasteiger partial charge in [-0.25, -0.2) is 14.9 Å². The van der Waals surface area contributed by atoms with Gasteiger partial charge in [0.1, 0.15) is 25.3 Å². The Labute approximate surface area is 173 Å². The number of nitrogens with zero attached hydrogens (tertiary/aromatic N) is 1. The lowest BCUT2D eigenvalue weighted by atomic mass is 9.80. The van der Waals surface area contributed by atoms with Crippen LogP contribution in [0.5, 0.6) is 11.5 Å². The second kappa shape index (κ2) is 10.9. The van der Waals surface area contributed by atoms with Gasteiger partial charge in [-0.1, -0.05) is 31.4 Å². The minimum atomic E-state index is -0.751. The molecule has 7 heteroatoms. The van der Waals surface area contributed by atoms with Crippen molar-refractivity contribution in [3.63, 3.8) is 0 Å². The predicted molar refractivity (Wildman–Crippen MR) is 113 cm³/mol. The topological polar surface area (TPSA) is 93.8 Å². The Morgan fingerprint density at radius 1 is 1.38 bits per heavy atom. The second-order valence-electron chi connectivity index (χ2n) is 7.79. The average molecular weight is 405 g/mol. The molecule has 1 aliphatic rings. The first-order valence-electron chi connectivity index (χ1n) is 10.2. The molecule has 2 atom stereocenters. The standard InChI is InChI=1S/C22H33N3O4/c1-5-6-7-8-16-12-19(26)21(20(13-16)29-14-23-22(27)24-28)17-11-15(2)9-10-18(17)25(3)4/h11-13,17-18H,3,5-10,14H2,1-2,4H3,(H3-,23,24,26,27,28)/p+1/t17-,18-/m1/s1. The Hall–Kier alpha value is -2.54. The van der Waals surface area contributed by atoms with Gasteiger partial charge >= 0.3 is 6.03 Å². The summed E-state index contributed by atoms with van der Waals surface area (Å²) in [7, 11) is 1.94. The summed E-state index contributed by atoms with van der Waals surface area (Å²) in [6, 6.07) is 3.15. The van der Waals surface area contributed by atoms with Crippen LogP contribution in [0.15, 0.2) is 23.8 Å². The van der Waals surface area contributed by atoms with Gasteiger partial charge in [0.25, 0.3) is 0 Å². The first kappa shape index (κ1) is 22.7. The van der Waals surface area contributed by atoms with Crippen molar-refractivity contribution in [3.8, 4) is 11.5 Å². The highest BCUT2D eigenvalue weighted by molar-refractivity contribution is 5.72. The van der Waals surface area contributed by atoms with Crippen LogP contribution in [0.25, 0.3) is 0 Å². The highest BCUT2D eigenvalue weighted by Gasteiger charge is 2.35. The number of aromatic hydroxyl groups is 1. The van der Waals surface area contributed by atoms with Crippen LogP contribution in [0.3, 0.4) is 0 Å². The van der Waals surface area contributed by atoms with Gasteiger partial charge in [-0.05, 0) is 43.9 Å². The molecule has 0 aromatic heterocycles. The van der Waals surface area contributed by atoms with Crippen LogP contribution >= 0.6 is 0 Å². The molecule has 160 valence electrons. The fourth-order valence-corrected chi connectivity index (χ4v) is 3.89. The lowest BCUT2D eigenvalue weighted by molar-refractivity contribution is -0.534. The third-order valence-electron chi connectivity index (χ3n) is 5.42. The first-order valence-corrected chi connectivity index (χ1v) is 10.2. The molecule has 0 bridgehead atoms. The smallest absolute Gasteiger partial charge is 0.341 e. The van der Waals surface area contributed by atoms with Crippen molar-refractivity contribution in [1.82, 2.24) is 10.8 Å². The molecule has 0 saturated carbocycles. The maximum atomic E-state index is 11.3. The Bertz CT molecular complexity index is 761. The minimum absolute atomic E-state index is 0.0717. The molecule has 0 unspecified atom stereocenters. The van der Waals surface area contributed by atoms with Crippen LogP contribution in [0, 0.1) is 0 Å². The summed E-state index contributed by atoms with van der Waals surface area (Å²) in [6.45, 7) is 8.19. The maximum absolute atomic E-state index is 11.3. The Kier molecular flexibility index (Phi) is 8.51. The zero-order chi connectivity index (χ0) is 21.4. The number of carbonyl (C=O) groups is 1. The van der Waals surface area contributed by atoms with Crippen LogP contribution in [-0.4, -0.2) is 47.5 Å². The van der Waals surface area contributed by atoms with Gasteiger partial charge in [0, 0.05) is 12.0 Å². The number of rotatable bonds is 9. The number of hydroxylamine groups is 1. The summed E-state index contributed by atoms with van der Waals surface area (Å²) in [5, 5.41) is 22.0. The van der Waals surface area contributed by atoms with Crippen LogP contribution in [0.4, 0.5) is 4.79 Å². The number of hydrogen-bond donors (Lipinski definition) is 4. The van der Waals surface area contributed by atoms with Crippen LogP contribution in [-0.2, 0) is 6.42 Å². The van der Waals surface area contributed by atoms with Crippen molar-refractivity contribution in [3.05, 3.63) is 34.9 Å². The molecule has 1 aromatic carbocycles. The second-order valence-corrected chi connectivity index (χ2v) is 7.79. The van der Waals surface area contributed by atoms with Crippen LogP contribution in [0.2, 0.25) is 0 Å². The summed E-state index contributed by atoms with van der Waals surface area (Å²) in [6.07, 6.45) is 8.23. The number of amides is 2. The van der Waals surface area contributed by atoms with Crippen LogP contribution < -0.4 is 15.5 Å². The average Bonchev–Trinajstić information content (AvgIpc) is 2.67. The number of unbranched alkanes of at least 4 members (excludes halogenated alkanes) is 2. The quantitative estimate of drug-likeness (QED) is 0.0960. The highest BCUT2D eigenvalue weighted by atomic mass is 16.5. The third-order valence-corrected chi connectivity index (χ3v) is 5.42. The summed E-state index contributed by atoms with van der Waals surface area (Å²) in [5.41, 5.74) is 4.48. The summed E-state index contributed by atoms with van der Waals surface area (Å²) in [5.74, 6) is 0.665. The summed E-state index contributed by atoms with van der Waals surface area (Å²) < 4.78 is 7.78. The van der Waals surface area contributed by atoms with E-state index in [1.165, 1.54) is 11.1 Å². The highest BCUT2D eigenvalue weighted by Crippen LogP contribution is 2.43. The number of carbonyl (C=O) groups excluding carboxylic acids is 1. The van der Waals surface area contributed by atoms with Crippen LogP contribution in [0.1, 0.15) is 63.0 Å². The number of hydrogen-bond acceptors (Lipinski definition) is 4. The van der Waals surface area contributed by atoms with Crippen molar-refractivity contribution in [1.29, 1.82) is 0 Å². The molecular formula is C22H34N3O4+. The zero-order valence-corrected chi connectivity index (χ0v) is 17.7. The summed E-state index contributed by atoms with van der Waals surface area (Å²) >= 11 is 0. The van der Waals surface area contributed by atoms with E-state index in [9.17, 15) is 9.90 Å². The van der Waals surface area contributed by atoms with Crippen molar-refractivity contribution in [2.45, 2.75) is 64.3 Å². The molecule has 0 radical (unpaired) electrons. The van der Waals surface area contributed by atoms with Gasteiger partial charge in [0.05, 0.1) is 5.92 Å². The first-order chi connectivity index (χ1) is 13.9. The van der Waals surface area contributed by atoms with Gasteiger partial charge in [-0.15, -0.1) is 0 Å². The normalized spacial score (nSPS) is 18.7. The van der Waals surface area contributed by atoms with E-state index in [1.807, 2.05) is 23.8 Å². The fourth-order valence-electron chi connectivity index (χ4n) is 3.89. The van der Waals surface area contributed by atoms with E-state index in [0.29, 0.717) is 11.3 Å². The Morgan fingerprint density at radius 2 is 2.14 bits per heavy atom. The number of allylic oxidation sites excluding steroid dienone is 1. The monoisotopic (exact) mass is 404 g/mol. The number of benzene rings is 1. The molecule has 1 aromatic rings. The van der Waals surface area contributed by atoms with E-state index in [2.05, 4.69) is 32.0 Å². The molecule has 0 saturated heterocycles. The minimum Gasteiger partial charge on any atom is -0.507 e. The molecule has 1 aliphatic carbocycles. The molecule has 29 heavy (non-hydrogen) atoms. The predicted octanol–water partition coefficient (Wildman–Crippen LogP) is 3.68. The zero-order valence-electron chi connectivity index (χ0n) is 17.7. The molecule has 7 nitrogen and oxygen atoms in total. The van der Waals surface area contributed by atoms with E-state index in [0.717, 1.165) is 44.1 Å². The number of ether oxygens (including phenoxy) is 1. The lowest BCUT2D eigenvalue weighted by Gasteiger charge is -2.28. The lowest BCUT2D eigenvalue weighted by Crippen LogP contribution is -2.36. The molecular weight excluding hydrogens is 370 g/mol. The fraction of sp³-hybridized carbons (Fsp3) is 0.545. The SMILES string of the molecule is C=[N+](C)[C@@H]1CCC(C)=C[C@H]1c1c(O)cc(CCCCC)cc1OCNC(=O)NO. The summed E-state index contributed by atoms with van der Waals surface area (Å²) in [4.78, 5) is 11.3. The van der Waals surface area contributed by atoms with Crippen molar-refractivity contribution in [2.24, 2.45) is 0 Å². The maximum Gasteiger partial charge on any atom is 0.341 e. The Morgan fingerprint density at radius 3 is 2.79 bits per heavy atom. The van der Waals surface area contributed by atoms with E-state index < -0.39 is 6.03 Å². The molecule has 2 rings (SSSR count). The molecule has 0 heterocycles. The van der Waals surface area contributed by atoms with E-state index >= 15 is 0 Å². The van der Waals surface area contributed by atoms with E-state index in [-0.39, 0.29) is 24.4 Å². The number of urea groups is 1. The largest absolute Gasteiger partial charge is 0.507 e. The Balaban J connectivity index is 2.40. The van der Waals surface area contributed by atoms with Gasteiger partial charge in [-0.2, -0.15) is 0 Å². The third kappa shape index (κ3) is 6.22. The van der Waals surface area contributed by atoms with Gasteiger partial charge < -0.3 is 15.2 Å². The van der Waals surface area contributed by atoms with Gasteiger partial charge in [0.2, 0.25) is 0 Å². The molecule has 0 spiro atoms. The molecule has 0 aliphatic heterocycles. The number of likely N-dealkylation sites (N-methyl/N-ethyl adjacent to an activating group) is 1. The van der Waals surface area contributed by atoms with Crippen molar-refractivity contribution >= 4 is 12.7 Å². The van der Waals surface area contributed by atoms with Gasteiger partial charge in [-0.3, -0.25) is 5.21 Å². The number of phenols is 1. The number of aryl methyl sites for hydroxylation is 1.